The van der Waals surface area contributed by atoms with Crippen molar-refractivity contribution in [2.75, 3.05) is 6.54 Å². The minimum Gasteiger partial charge on any atom is -0.314 e. The van der Waals surface area contributed by atoms with Crippen molar-refractivity contribution < 1.29 is 0 Å². The predicted molar refractivity (Wildman–Crippen MR) is 52.1 cm³/mol. The van der Waals surface area contributed by atoms with Crippen LogP contribution in [0.4, 0.5) is 0 Å². The van der Waals surface area contributed by atoms with Crippen LogP contribution in [-0.2, 0) is 0 Å². The van der Waals surface area contributed by atoms with E-state index in [2.05, 4.69) is 12.2 Å². The Bertz CT molecular complexity index is 140. The summed E-state index contributed by atoms with van der Waals surface area (Å²) < 4.78 is 0. The summed E-state index contributed by atoms with van der Waals surface area (Å²) in [6, 6.07) is 0.906. The van der Waals surface area contributed by atoms with Gasteiger partial charge in [-0.15, -0.1) is 0 Å². The summed E-state index contributed by atoms with van der Waals surface area (Å²) in [6.07, 6.45) is 8.72. The van der Waals surface area contributed by atoms with Gasteiger partial charge in [0.1, 0.15) is 0 Å². The van der Waals surface area contributed by atoms with Gasteiger partial charge in [0.2, 0.25) is 0 Å². The summed E-state index contributed by atoms with van der Waals surface area (Å²) in [6.45, 7) is 3.58. The van der Waals surface area contributed by atoms with Gasteiger partial charge in [-0.1, -0.05) is 26.2 Å². The van der Waals surface area contributed by atoms with E-state index in [1.807, 2.05) is 0 Å². The maximum atomic E-state index is 3.66. The van der Waals surface area contributed by atoms with Crippen LogP contribution in [0.5, 0.6) is 0 Å². The first kappa shape index (κ1) is 8.55. The van der Waals surface area contributed by atoms with Gasteiger partial charge in [0, 0.05) is 6.04 Å². The van der Waals surface area contributed by atoms with Gasteiger partial charge >= 0.3 is 0 Å². The Morgan fingerprint density at radius 1 is 1.25 bits per heavy atom. The lowest BCUT2D eigenvalue weighted by Gasteiger charge is -2.01. The van der Waals surface area contributed by atoms with Crippen molar-refractivity contribution in [1.29, 1.82) is 0 Å². The first-order valence-corrected chi connectivity index (χ1v) is 5.63. The zero-order valence-electron chi connectivity index (χ0n) is 8.18. The maximum Gasteiger partial charge on any atom is 0.00991 e. The highest BCUT2D eigenvalue weighted by molar-refractivity contribution is 4.92. The van der Waals surface area contributed by atoms with E-state index in [0.29, 0.717) is 0 Å². The third-order valence-corrected chi connectivity index (χ3v) is 3.24. The van der Waals surface area contributed by atoms with Crippen molar-refractivity contribution in [3.05, 3.63) is 0 Å². The van der Waals surface area contributed by atoms with Gasteiger partial charge in [-0.2, -0.15) is 0 Å². The van der Waals surface area contributed by atoms with Crippen LogP contribution in [0.3, 0.4) is 0 Å². The first-order chi connectivity index (χ1) is 5.90. The Labute approximate surface area is 75.9 Å². The minimum absolute atomic E-state index is 0.906. The number of hydrogen-bond donors (Lipinski definition) is 1. The van der Waals surface area contributed by atoms with Crippen LogP contribution in [0.15, 0.2) is 0 Å². The zero-order valence-corrected chi connectivity index (χ0v) is 8.18. The van der Waals surface area contributed by atoms with Crippen LogP contribution in [-0.4, -0.2) is 12.6 Å². The highest BCUT2D eigenvalue weighted by atomic mass is 15.0. The van der Waals surface area contributed by atoms with E-state index in [0.717, 1.165) is 17.9 Å². The molecular formula is C11H21N. The van der Waals surface area contributed by atoms with Gasteiger partial charge in [0.15, 0.2) is 0 Å². The Kier molecular flexibility index (Phi) is 2.69. The van der Waals surface area contributed by atoms with Gasteiger partial charge in [0.25, 0.3) is 0 Å². The first-order valence-electron chi connectivity index (χ1n) is 5.63. The van der Waals surface area contributed by atoms with Crippen molar-refractivity contribution in [3.8, 4) is 0 Å². The van der Waals surface area contributed by atoms with Gasteiger partial charge in [-0.3, -0.25) is 0 Å². The SMILES string of the molecule is CCCC1CC1NCCC1CC1. The zero-order chi connectivity index (χ0) is 8.39. The highest BCUT2D eigenvalue weighted by Gasteiger charge is 2.35. The molecule has 2 fully saturated rings. The molecule has 0 amide bonds. The lowest BCUT2D eigenvalue weighted by Crippen LogP contribution is -2.19. The normalized spacial score (nSPS) is 33.8. The quantitative estimate of drug-likeness (QED) is 0.641. The monoisotopic (exact) mass is 167 g/mol. The third-order valence-electron chi connectivity index (χ3n) is 3.24. The van der Waals surface area contributed by atoms with E-state index in [4.69, 9.17) is 0 Å². The maximum absolute atomic E-state index is 3.66. The van der Waals surface area contributed by atoms with Gasteiger partial charge in [0.05, 0.1) is 0 Å². The Morgan fingerprint density at radius 3 is 2.75 bits per heavy atom. The predicted octanol–water partition coefficient (Wildman–Crippen LogP) is 2.56. The second-order valence-electron chi connectivity index (χ2n) is 4.58. The Hall–Kier alpha value is -0.0400. The molecule has 1 N–H and O–H groups in total. The van der Waals surface area contributed by atoms with Crippen LogP contribution >= 0.6 is 0 Å². The molecular weight excluding hydrogens is 146 g/mol. The molecule has 70 valence electrons. The number of rotatable bonds is 6. The average Bonchev–Trinajstić information content (AvgIpc) is 2.88. The van der Waals surface area contributed by atoms with E-state index in [1.54, 1.807) is 0 Å². The van der Waals surface area contributed by atoms with Crippen LogP contribution in [0, 0.1) is 11.8 Å². The molecule has 0 saturated heterocycles. The van der Waals surface area contributed by atoms with Crippen LogP contribution in [0.2, 0.25) is 0 Å². The summed E-state index contributed by atoms with van der Waals surface area (Å²) >= 11 is 0. The van der Waals surface area contributed by atoms with E-state index >= 15 is 0 Å². The number of nitrogens with one attached hydrogen (secondary N) is 1. The molecule has 0 radical (unpaired) electrons. The molecule has 2 rings (SSSR count). The molecule has 0 aliphatic heterocycles. The van der Waals surface area contributed by atoms with Crippen molar-refractivity contribution >= 4 is 0 Å². The second-order valence-corrected chi connectivity index (χ2v) is 4.58. The standard InChI is InChI=1S/C11H21N/c1-2-3-10-8-11(10)12-7-6-9-4-5-9/h9-12H,2-8H2,1H3. The summed E-state index contributed by atoms with van der Waals surface area (Å²) in [5, 5.41) is 3.66. The van der Waals surface area contributed by atoms with Gasteiger partial charge < -0.3 is 5.32 Å². The number of hydrogen-bond acceptors (Lipinski definition) is 1. The summed E-state index contributed by atoms with van der Waals surface area (Å²) in [5.74, 6) is 2.13. The van der Waals surface area contributed by atoms with Crippen molar-refractivity contribution in [1.82, 2.24) is 5.32 Å². The molecule has 1 nitrogen and oxygen atoms in total. The summed E-state index contributed by atoms with van der Waals surface area (Å²) in [5.41, 5.74) is 0. The summed E-state index contributed by atoms with van der Waals surface area (Å²) in [7, 11) is 0. The molecule has 2 aliphatic carbocycles. The highest BCUT2D eigenvalue weighted by Crippen LogP contribution is 2.35. The average molecular weight is 167 g/mol. The molecule has 1 heteroatoms. The molecule has 0 spiro atoms. The van der Waals surface area contributed by atoms with Gasteiger partial charge in [-0.05, 0) is 37.6 Å². The smallest absolute Gasteiger partial charge is 0.00991 e. The van der Waals surface area contributed by atoms with Gasteiger partial charge in [-0.25, -0.2) is 0 Å². The molecule has 0 aromatic heterocycles. The van der Waals surface area contributed by atoms with Crippen molar-refractivity contribution in [3.63, 3.8) is 0 Å². The fraction of sp³-hybridized carbons (Fsp3) is 1.00. The molecule has 2 aliphatic rings. The fourth-order valence-corrected chi connectivity index (χ4v) is 2.07. The van der Waals surface area contributed by atoms with Crippen molar-refractivity contribution in [2.24, 2.45) is 11.8 Å². The van der Waals surface area contributed by atoms with Crippen molar-refractivity contribution in [2.45, 2.75) is 51.5 Å². The molecule has 0 bridgehead atoms. The van der Waals surface area contributed by atoms with E-state index < -0.39 is 0 Å². The Balaban J connectivity index is 1.46. The topological polar surface area (TPSA) is 12.0 Å². The molecule has 2 atom stereocenters. The van der Waals surface area contributed by atoms with E-state index in [-0.39, 0.29) is 0 Å². The van der Waals surface area contributed by atoms with E-state index in [1.165, 1.54) is 45.1 Å². The van der Waals surface area contributed by atoms with Crippen LogP contribution in [0.1, 0.15) is 45.4 Å². The third kappa shape index (κ3) is 2.48. The summed E-state index contributed by atoms with van der Waals surface area (Å²) in [4.78, 5) is 0. The molecule has 0 aromatic carbocycles. The molecule has 0 heterocycles. The second kappa shape index (κ2) is 3.78. The molecule has 2 unspecified atom stereocenters. The fourth-order valence-electron chi connectivity index (χ4n) is 2.07. The molecule has 0 aromatic rings. The molecule has 2 saturated carbocycles. The Morgan fingerprint density at radius 2 is 2.08 bits per heavy atom. The van der Waals surface area contributed by atoms with Crippen LogP contribution in [0.25, 0.3) is 0 Å². The minimum atomic E-state index is 0.906. The largest absolute Gasteiger partial charge is 0.314 e. The lowest BCUT2D eigenvalue weighted by molar-refractivity contribution is 0.567. The lowest BCUT2D eigenvalue weighted by atomic mass is 10.2. The van der Waals surface area contributed by atoms with E-state index in [9.17, 15) is 0 Å². The van der Waals surface area contributed by atoms with Crippen LogP contribution < -0.4 is 5.32 Å². The molecule has 12 heavy (non-hydrogen) atoms.